The highest BCUT2D eigenvalue weighted by molar-refractivity contribution is 5.57. The third-order valence-electron chi connectivity index (χ3n) is 5.34. The molecule has 0 fully saturated rings. The zero-order valence-electron chi connectivity index (χ0n) is 18.0. The van der Waals surface area contributed by atoms with Crippen LogP contribution in [0.25, 0.3) is 0 Å². The second-order valence-corrected chi connectivity index (χ2v) is 7.65. The van der Waals surface area contributed by atoms with E-state index in [1.54, 1.807) is 7.11 Å². The first-order valence-electron chi connectivity index (χ1n) is 10.6. The average molecular weight is 417 g/mol. The zero-order chi connectivity index (χ0) is 21.5. The number of aliphatic imine (C=N–C) groups is 1. The topological polar surface area (TPSA) is 43.3 Å². The molecular weight excluding hydrogens is 388 g/mol. The molecule has 0 aromatic heterocycles. The SMILES string of the molecule is COc1cccc(OCc2ccccc2)c1Oc1ccc(C(C)CN2C=NCC2)cc1. The summed E-state index contributed by atoms with van der Waals surface area (Å²) in [6, 6.07) is 24.0. The lowest BCUT2D eigenvalue weighted by Crippen LogP contribution is -2.24. The summed E-state index contributed by atoms with van der Waals surface area (Å²) in [7, 11) is 1.63. The van der Waals surface area contributed by atoms with Crippen molar-refractivity contribution in [2.24, 2.45) is 4.99 Å². The Labute approximate surface area is 183 Å². The zero-order valence-corrected chi connectivity index (χ0v) is 18.0. The van der Waals surface area contributed by atoms with Crippen LogP contribution in [0.3, 0.4) is 0 Å². The van der Waals surface area contributed by atoms with Crippen LogP contribution in [0, 0.1) is 0 Å². The fourth-order valence-electron chi connectivity index (χ4n) is 3.60. The highest BCUT2D eigenvalue weighted by Gasteiger charge is 2.15. The molecule has 3 aromatic carbocycles. The largest absolute Gasteiger partial charge is 0.493 e. The number of rotatable bonds is 9. The van der Waals surface area contributed by atoms with Crippen molar-refractivity contribution >= 4 is 6.34 Å². The molecule has 1 atom stereocenters. The van der Waals surface area contributed by atoms with Crippen LogP contribution in [0.4, 0.5) is 0 Å². The summed E-state index contributed by atoms with van der Waals surface area (Å²) in [6.07, 6.45) is 1.95. The van der Waals surface area contributed by atoms with Gasteiger partial charge in [-0.05, 0) is 41.3 Å². The van der Waals surface area contributed by atoms with Crippen LogP contribution in [0.5, 0.6) is 23.0 Å². The Morgan fingerprint density at radius 1 is 0.935 bits per heavy atom. The fraction of sp³-hybridized carbons (Fsp3) is 0.269. The predicted molar refractivity (Wildman–Crippen MR) is 124 cm³/mol. The summed E-state index contributed by atoms with van der Waals surface area (Å²) in [5.74, 6) is 3.02. The molecule has 5 heteroatoms. The maximum Gasteiger partial charge on any atom is 0.211 e. The Balaban J connectivity index is 1.46. The van der Waals surface area contributed by atoms with Crippen molar-refractivity contribution in [1.82, 2.24) is 4.90 Å². The normalized spacial score (nSPS) is 13.8. The Morgan fingerprint density at radius 3 is 2.42 bits per heavy atom. The van der Waals surface area contributed by atoms with Gasteiger partial charge in [0, 0.05) is 13.1 Å². The number of nitrogens with zero attached hydrogens (tertiary/aromatic N) is 2. The molecule has 0 saturated carbocycles. The summed E-state index contributed by atoms with van der Waals surface area (Å²) >= 11 is 0. The van der Waals surface area contributed by atoms with Crippen LogP contribution in [0.2, 0.25) is 0 Å². The van der Waals surface area contributed by atoms with E-state index < -0.39 is 0 Å². The third kappa shape index (κ3) is 5.37. The van der Waals surface area contributed by atoms with E-state index in [-0.39, 0.29) is 0 Å². The van der Waals surface area contributed by atoms with Gasteiger partial charge in [0.05, 0.1) is 20.0 Å². The molecule has 160 valence electrons. The summed E-state index contributed by atoms with van der Waals surface area (Å²) in [4.78, 5) is 6.55. The van der Waals surface area contributed by atoms with Crippen molar-refractivity contribution in [2.75, 3.05) is 26.7 Å². The van der Waals surface area contributed by atoms with Crippen molar-refractivity contribution in [3.63, 3.8) is 0 Å². The minimum atomic E-state index is 0.412. The van der Waals surface area contributed by atoms with Crippen LogP contribution in [-0.2, 0) is 6.61 Å². The van der Waals surface area contributed by atoms with Crippen molar-refractivity contribution in [3.05, 3.63) is 83.9 Å². The van der Waals surface area contributed by atoms with Gasteiger partial charge in [-0.15, -0.1) is 0 Å². The molecule has 0 spiro atoms. The van der Waals surface area contributed by atoms with Crippen molar-refractivity contribution in [3.8, 4) is 23.0 Å². The molecule has 31 heavy (non-hydrogen) atoms. The first kappa shape index (κ1) is 20.8. The van der Waals surface area contributed by atoms with E-state index in [1.165, 1.54) is 5.56 Å². The standard InChI is InChI=1S/C26H28N2O3/c1-20(17-28-16-15-27-19-28)22-11-13-23(14-12-22)31-26-24(29-2)9-6-10-25(26)30-18-21-7-4-3-5-8-21/h3-14,19-20H,15-18H2,1-2H3. The molecular formula is C26H28N2O3. The number of hydrogen-bond donors (Lipinski definition) is 0. The highest BCUT2D eigenvalue weighted by Crippen LogP contribution is 2.40. The quantitative estimate of drug-likeness (QED) is 0.461. The molecule has 1 aliphatic heterocycles. The molecule has 5 nitrogen and oxygen atoms in total. The Morgan fingerprint density at radius 2 is 1.71 bits per heavy atom. The predicted octanol–water partition coefficient (Wildman–Crippen LogP) is 5.51. The highest BCUT2D eigenvalue weighted by atomic mass is 16.5. The average Bonchev–Trinajstić information content (AvgIpc) is 3.32. The van der Waals surface area contributed by atoms with Crippen LogP contribution in [0.15, 0.2) is 77.8 Å². The molecule has 1 unspecified atom stereocenters. The fourth-order valence-corrected chi connectivity index (χ4v) is 3.60. The van der Waals surface area contributed by atoms with E-state index in [1.807, 2.05) is 67.0 Å². The monoisotopic (exact) mass is 416 g/mol. The molecule has 1 heterocycles. The second kappa shape index (κ2) is 10.0. The summed E-state index contributed by atoms with van der Waals surface area (Å²) in [5.41, 5.74) is 2.37. The molecule has 0 N–H and O–H groups in total. The van der Waals surface area contributed by atoms with Crippen LogP contribution in [-0.4, -0.2) is 38.0 Å². The first-order valence-corrected chi connectivity index (χ1v) is 10.6. The lowest BCUT2D eigenvalue weighted by molar-refractivity contribution is 0.284. The summed E-state index contributed by atoms with van der Waals surface area (Å²) in [6.45, 7) is 5.56. The number of para-hydroxylation sites is 1. The van der Waals surface area contributed by atoms with Crippen molar-refractivity contribution in [1.29, 1.82) is 0 Å². The second-order valence-electron chi connectivity index (χ2n) is 7.65. The molecule has 1 aliphatic rings. The number of hydrogen-bond acceptors (Lipinski definition) is 5. The van der Waals surface area contributed by atoms with E-state index in [4.69, 9.17) is 14.2 Å². The van der Waals surface area contributed by atoms with Crippen molar-refractivity contribution in [2.45, 2.75) is 19.4 Å². The van der Waals surface area contributed by atoms with Gasteiger partial charge in [-0.3, -0.25) is 4.99 Å². The first-order chi connectivity index (χ1) is 15.2. The van der Waals surface area contributed by atoms with E-state index in [2.05, 4.69) is 28.9 Å². The van der Waals surface area contributed by atoms with Gasteiger partial charge >= 0.3 is 0 Å². The minimum absolute atomic E-state index is 0.412. The molecule has 0 bridgehead atoms. The van der Waals surface area contributed by atoms with E-state index in [0.717, 1.165) is 30.9 Å². The Hall–Kier alpha value is -3.47. The van der Waals surface area contributed by atoms with Crippen LogP contribution < -0.4 is 14.2 Å². The lowest BCUT2D eigenvalue weighted by Gasteiger charge is -2.20. The molecule has 0 amide bonds. The number of benzene rings is 3. The van der Waals surface area contributed by atoms with Crippen LogP contribution >= 0.6 is 0 Å². The molecule has 0 radical (unpaired) electrons. The molecule has 4 rings (SSSR count). The van der Waals surface area contributed by atoms with E-state index >= 15 is 0 Å². The third-order valence-corrected chi connectivity index (χ3v) is 5.34. The van der Waals surface area contributed by atoms with E-state index in [9.17, 15) is 0 Å². The Bertz CT molecular complexity index is 1000. The molecule has 0 aliphatic carbocycles. The van der Waals surface area contributed by atoms with Crippen LogP contribution in [0.1, 0.15) is 24.0 Å². The molecule has 0 saturated heterocycles. The Kier molecular flexibility index (Phi) is 6.72. The van der Waals surface area contributed by atoms with E-state index in [0.29, 0.717) is 29.8 Å². The van der Waals surface area contributed by atoms with Gasteiger partial charge in [-0.2, -0.15) is 0 Å². The summed E-state index contributed by atoms with van der Waals surface area (Å²) in [5, 5.41) is 0. The maximum absolute atomic E-state index is 6.21. The van der Waals surface area contributed by atoms with Gasteiger partial charge in [0.25, 0.3) is 0 Å². The minimum Gasteiger partial charge on any atom is -0.493 e. The van der Waals surface area contributed by atoms with Gasteiger partial charge in [0.15, 0.2) is 11.5 Å². The molecule has 3 aromatic rings. The van der Waals surface area contributed by atoms with Gasteiger partial charge < -0.3 is 19.1 Å². The van der Waals surface area contributed by atoms with Gasteiger partial charge in [-0.1, -0.05) is 55.5 Å². The van der Waals surface area contributed by atoms with Gasteiger partial charge in [0.2, 0.25) is 5.75 Å². The van der Waals surface area contributed by atoms with Gasteiger partial charge in [-0.25, -0.2) is 0 Å². The smallest absolute Gasteiger partial charge is 0.211 e. The number of methoxy groups -OCH3 is 1. The van der Waals surface area contributed by atoms with Gasteiger partial charge in [0.1, 0.15) is 12.4 Å². The lowest BCUT2D eigenvalue weighted by atomic mass is 10.0. The maximum atomic E-state index is 6.21. The van der Waals surface area contributed by atoms with Crippen molar-refractivity contribution < 1.29 is 14.2 Å². The summed E-state index contributed by atoms with van der Waals surface area (Å²) < 4.78 is 17.8. The number of ether oxygens (including phenoxy) is 3.